The lowest BCUT2D eigenvalue weighted by Gasteiger charge is -2.11. The molecule has 0 bridgehead atoms. The summed E-state index contributed by atoms with van der Waals surface area (Å²) in [6, 6.07) is 4.87. The molecule has 1 aromatic heterocycles. The Morgan fingerprint density at radius 3 is 2.55 bits per heavy atom. The van der Waals surface area contributed by atoms with E-state index in [2.05, 4.69) is 26.2 Å². The Balaban J connectivity index is 2.27. The van der Waals surface area contributed by atoms with Crippen molar-refractivity contribution in [3.63, 3.8) is 0 Å². The molecular weight excluding hydrogens is 330 g/mol. The molecule has 1 heterocycles. The largest absolute Gasteiger partial charge is 0.438 e. The van der Waals surface area contributed by atoms with Crippen LogP contribution in [-0.2, 0) is 6.54 Å². The van der Waals surface area contributed by atoms with E-state index in [-0.39, 0.29) is 5.75 Å². The molecule has 0 aliphatic rings. The Morgan fingerprint density at radius 2 is 1.90 bits per heavy atom. The molecule has 0 aliphatic carbocycles. The van der Waals surface area contributed by atoms with E-state index in [1.807, 2.05) is 13.0 Å². The molecule has 1 N–H and O–H groups in total. The highest BCUT2D eigenvalue weighted by Gasteiger charge is 2.09. The maximum atomic E-state index is 13.1. The molecule has 2 aromatic rings. The summed E-state index contributed by atoms with van der Waals surface area (Å²) in [5, 5.41) is 3.15. The fourth-order valence-corrected chi connectivity index (χ4v) is 2.02. The highest BCUT2D eigenvalue weighted by Crippen LogP contribution is 2.26. The van der Waals surface area contributed by atoms with Gasteiger partial charge >= 0.3 is 0 Å². The monoisotopic (exact) mass is 342 g/mol. The van der Waals surface area contributed by atoms with Crippen molar-refractivity contribution >= 4 is 15.9 Å². The van der Waals surface area contributed by atoms with E-state index in [9.17, 15) is 8.78 Å². The normalized spacial score (nSPS) is 10.6. The number of nitrogens with zero attached hydrogens (tertiary/aromatic N) is 1. The number of benzene rings is 1. The zero-order valence-electron chi connectivity index (χ0n) is 10.8. The van der Waals surface area contributed by atoms with Gasteiger partial charge in [-0.05, 0) is 28.5 Å². The Bertz CT molecular complexity index is 587. The quantitative estimate of drug-likeness (QED) is 0.890. The van der Waals surface area contributed by atoms with Gasteiger partial charge in [0, 0.05) is 41.0 Å². The number of ether oxygens (including phenoxy) is 1. The van der Waals surface area contributed by atoms with Gasteiger partial charge in [0.1, 0.15) is 17.4 Å². The SMILES string of the molecule is CCNCc1cc(Br)cnc1Oc1cc(F)cc(F)c1. The Labute approximate surface area is 124 Å². The molecule has 0 aliphatic heterocycles. The van der Waals surface area contributed by atoms with Crippen molar-refractivity contribution in [2.24, 2.45) is 0 Å². The van der Waals surface area contributed by atoms with Gasteiger partial charge in [-0.15, -0.1) is 0 Å². The highest BCUT2D eigenvalue weighted by molar-refractivity contribution is 9.10. The zero-order valence-corrected chi connectivity index (χ0v) is 12.4. The van der Waals surface area contributed by atoms with Crippen molar-refractivity contribution in [2.75, 3.05) is 6.54 Å². The summed E-state index contributed by atoms with van der Waals surface area (Å²) in [4.78, 5) is 4.13. The second-order valence-corrected chi connectivity index (χ2v) is 5.02. The third kappa shape index (κ3) is 3.98. The molecule has 20 heavy (non-hydrogen) atoms. The molecule has 0 spiro atoms. The third-order valence-corrected chi connectivity index (χ3v) is 2.94. The van der Waals surface area contributed by atoms with Gasteiger partial charge < -0.3 is 10.1 Å². The fourth-order valence-electron chi connectivity index (χ4n) is 1.65. The second-order valence-electron chi connectivity index (χ2n) is 4.11. The van der Waals surface area contributed by atoms with Gasteiger partial charge in [0.15, 0.2) is 0 Å². The zero-order chi connectivity index (χ0) is 14.5. The first-order valence-electron chi connectivity index (χ1n) is 6.07. The molecule has 106 valence electrons. The molecule has 0 fully saturated rings. The lowest BCUT2D eigenvalue weighted by Crippen LogP contribution is -2.13. The molecular formula is C14H13BrF2N2O. The second kappa shape index (κ2) is 6.76. The summed E-state index contributed by atoms with van der Waals surface area (Å²) in [7, 11) is 0. The number of nitrogens with one attached hydrogen (secondary N) is 1. The van der Waals surface area contributed by atoms with E-state index >= 15 is 0 Å². The van der Waals surface area contributed by atoms with Gasteiger partial charge in [-0.2, -0.15) is 0 Å². The van der Waals surface area contributed by atoms with Crippen LogP contribution in [0.3, 0.4) is 0 Å². The molecule has 3 nitrogen and oxygen atoms in total. The minimum absolute atomic E-state index is 0.0788. The van der Waals surface area contributed by atoms with Gasteiger partial charge in [-0.25, -0.2) is 13.8 Å². The average molecular weight is 343 g/mol. The van der Waals surface area contributed by atoms with E-state index in [1.54, 1.807) is 6.20 Å². The van der Waals surface area contributed by atoms with Crippen molar-refractivity contribution in [2.45, 2.75) is 13.5 Å². The summed E-state index contributed by atoms with van der Waals surface area (Å²) < 4.78 is 32.6. The topological polar surface area (TPSA) is 34.2 Å². The number of pyridine rings is 1. The first-order valence-corrected chi connectivity index (χ1v) is 6.87. The van der Waals surface area contributed by atoms with E-state index in [0.29, 0.717) is 12.4 Å². The molecule has 1 aromatic carbocycles. The van der Waals surface area contributed by atoms with Crippen molar-refractivity contribution < 1.29 is 13.5 Å². The molecule has 0 radical (unpaired) electrons. The number of hydrogen-bond donors (Lipinski definition) is 1. The van der Waals surface area contributed by atoms with Crippen LogP contribution in [0.15, 0.2) is 34.9 Å². The number of hydrogen-bond acceptors (Lipinski definition) is 3. The summed E-state index contributed by atoms with van der Waals surface area (Å²) >= 11 is 3.33. The lowest BCUT2D eigenvalue weighted by molar-refractivity contribution is 0.443. The minimum Gasteiger partial charge on any atom is -0.438 e. The predicted octanol–water partition coefficient (Wildman–Crippen LogP) is 4.02. The van der Waals surface area contributed by atoms with Crippen LogP contribution in [0.1, 0.15) is 12.5 Å². The molecule has 0 atom stereocenters. The van der Waals surface area contributed by atoms with Crippen LogP contribution in [0.4, 0.5) is 8.78 Å². The first-order chi connectivity index (χ1) is 9.58. The lowest BCUT2D eigenvalue weighted by atomic mass is 10.2. The van der Waals surface area contributed by atoms with Gasteiger partial charge in [0.2, 0.25) is 5.88 Å². The third-order valence-electron chi connectivity index (χ3n) is 2.51. The van der Waals surface area contributed by atoms with Crippen molar-refractivity contribution in [3.05, 3.63) is 52.1 Å². The number of rotatable bonds is 5. The van der Waals surface area contributed by atoms with Crippen LogP contribution in [0.25, 0.3) is 0 Å². The Morgan fingerprint density at radius 1 is 1.20 bits per heavy atom. The van der Waals surface area contributed by atoms with E-state index < -0.39 is 11.6 Å². The smallest absolute Gasteiger partial charge is 0.223 e. The standard InChI is InChI=1S/C14H13BrF2N2O/c1-2-18-7-9-3-10(15)8-19-14(9)20-13-5-11(16)4-12(17)6-13/h3-6,8,18H,2,7H2,1H3. The molecule has 0 saturated carbocycles. The van der Waals surface area contributed by atoms with Crippen LogP contribution in [0, 0.1) is 11.6 Å². The van der Waals surface area contributed by atoms with Crippen LogP contribution in [-0.4, -0.2) is 11.5 Å². The maximum absolute atomic E-state index is 13.1. The van der Waals surface area contributed by atoms with Crippen LogP contribution < -0.4 is 10.1 Å². The maximum Gasteiger partial charge on any atom is 0.223 e. The highest BCUT2D eigenvalue weighted by atomic mass is 79.9. The molecule has 0 amide bonds. The van der Waals surface area contributed by atoms with Crippen molar-refractivity contribution in [1.29, 1.82) is 0 Å². The molecule has 2 rings (SSSR count). The minimum atomic E-state index is -0.689. The van der Waals surface area contributed by atoms with Gasteiger partial charge in [0.05, 0.1) is 0 Å². The summed E-state index contributed by atoms with van der Waals surface area (Å²) in [6.45, 7) is 3.32. The average Bonchev–Trinajstić information content (AvgIpc) is 2.38. The van der Waals surface area contributed by atoms with Gasteiger partial charge in [0.25, 0.3) is 0 Å². The summed E-state index contributed by atoms with van der Waals surface area (Å²) in [5.41, 5.74) is 0.797. The van der Waals surface area contributed by atoms with Gasteiger partial charge in [-0.3, -0.25) is 0 Å². The molecule has 6 heteroatoms. The number of halogens is 3. The summed E-state index contributed by atoms with van der Waals surface area (Å²) in [5.74, 6) is -0.982. The van der Waals surface area contributed by atoms with E-state index in [0.717, 1.165) is 34.8 Å². The first kappa shape index (κ1) is 14.9. The predicted molar refractivity (Wildman–Crippen MR) is 75.7 cm³/mol. The Hall–Kier alpha value is -1.53. The van der Waals surface area contributed by atoms with Crippen LogP contribution in [0.2, 0.25) is 0 Å². The number of aromatic nitrogens is 1. The van der Waals surface area contributed by atoms with Crippen LogP contribution >= 0.6 is 15.9 Å². The van der Waals surface area contributed by atoms with Gasteiger partial charge in [-0.1, -0.05) is 6.92 Å². The Kier molecular flexibility index (Phi) is 5.03. The van der Waals surface area contributed by atoms with Crippen molar-refractivity contribution in [1.82, 2.24) is 10.3 Å². The molecule has 0 saturated heterocycles. The fraction of sp³-hybridized carbons (Fsp3) is 0.214. The molecule has 0 unspecified atom stereocenters. The summed E-state index contributed by atoms with van der Waals surface area (Å²) in [6.07, 6.45) is 1.57. The van der Waals surface area contributed by atoms with Crippen LogP contribution in [0.5, 0.6) is 11.6 Å². The van der Waals surface area contributed by atoms with E-state index in [1.165, 1.54) is 0 Å². The van der Waals surface area contributed by atoms with Crippen molar-refractivity contribution in [3.8, 4) is 11.6 Å². The van der Waals surface area contributed by atoms with E-state index in [4.69, 9.17) is 4.74 Å².